The normalized spacial score (nSPS) is 12.4. The lowest BCUT2D eigenvalue weighted by atomic mass is 10.1. The summed E-state index contributed by atoms with van der Waals surface area (Å²) in [4.78, 5) is 0. The first-order valence-electron chi connectivity index (χ1n) is 5.69. The van der Waals surface area contributed by atoms with Crippen LogP contribution in [0.1, 0.15) is 45.4 Å². The standard InChI is InChI=1S/C14H23/c1-3-5-7-9-11-13-14-12-10-8-6-4-2/h3,5,7,9,11,13H,1,4,6,8,10,12,14H2,2H3. The summed E-state index contributed by atoms with van der Waals surface area (Å²) in [7, 11) is 0. The maximum Gasteiger partial charge on any atom is -0.0313 e. The van der Waals surface area contributed by atoms with Crippen LogP contribution in [-0.4, -0.2) is 0 Å². The summed E-state index contributed by atoms with van der Waals surface area (Å²) in [6, 6.07) is 0. The Labute approximate surface area is 89.4 Å². The molecule has 0 heterocycles. The molecule has 0 aromatic heterocycles. The lowest BCUT2D eigenvalue weighted by molar-refractivity contribution is 0.637. The molecule has 0 rings (SSSR count). The molecule has 0 atom stereocenters. The van der Waals surface area contributed by atoms with E-state index in [1.54, 1.807) is 6.08 Å². The minimum atomic E-state index is 1.21. The van der Waals surface area contributed by atoms with Gasteiger partial charge in [-0.15, -0.1) is 0 Å². The molecular formula is C14H23. The Morgan fingerprint density at radius 2 is 1.57 bits per heavy atom. The van der Waals surface area contributed by atoms with Crippen LogP contribution in [0.4, 0.5) is 0 Å². The van der Waals surface area contributed by atoms with Crippen molar-refractivity contribution in [3.05, 3.63) is 43.4 Å². The minimum Gasteiger partial charge on any atom is -0.0845 e. The first-order valence-corrected chi connectivity index (χ1v) is 5.69. The number of rotatable bonds is 8. The van der Waals surface area contributed by atoms with Crippen LogP contribution in [0.5, 0.6) is 0 Å². The highest BCUT2D eigenvalue weighted by atomic mass is 13.9. The van der Waals surface area contributed by atoms with Crippen molar-refractivity contribution in [2.24, 2.45) is 0 Å². The van der Waals surface area contributed by atoms with Crippen LogP contribution in [0.3, 0.4) is 0 Å². The highest BCUT2D eigenvalue weighted by Gasteiger charge is 1.85. The quantitative estimate of drug-likeness (QED) is 0.380. The predicted molar refractivity (Wildman–Crippen MR) is 66.2 cm³/mol. The van der Waals surface area contributed by atoms with E-state index in [1.807, 2.05) is 18.2 Å². The SMILES string of the molecule is [CH2]C=CC=CC=CCCCCCCC. The highest BCUT2D eigenvalue weighted by molar-refractivity contribution is 5.11. The van der Waals surface area contributed by atoms with E-state index in [0.29, 0.717) is 0 Å². The number of allylic oxidation sites excluding steroid dienone is 6. The summed E-state index contributed by atoms with van der Waals surface area (Å²) in [5.74, 6) is 0. The molecule has 0 saturated carbocycles. The molecular weight excluding hydrogens is 168 g/mol. The van der Waals surface area contributed by atoms with E-state index in [0.717, 1.165) is 0 Å². The zero-order valence-electron chi connectivity index (χ0n) is 9.41. The Balaban J connectivity index is 3.18. The highest BCUT2D eigenvalue weighted by Crippen LogP contribution is 2.05. The van der Waals surface area contributed by atoms with E-state index in [4.69, 9.17) is 0 Å². The predicted octanol–water partition coefficient (Wildman–Crippen LogP) is 4.85. The summed E-state index contributed by atoms with van der Waals surface area (Å²) in [5.41, 5.74) is 0. The molecule has 0 aliphatic carbocycles. The lowest BCUT2D eigenvalue weighted by Crippen LogP contribution is -1.75. The molecule has 0 aliphatic rings. The van der Waals surface area contributed by atoms with Crippen molar-refractivity contribution in [1.29, 1.82) is 0 Å². The Hall–Kier alpha value is -0.780. The van der Waals surface area contributed by atoms with Crippen LogP contribution in [0.2, 0.25) is 0 Å². The molecule has 79 valence electrons. The number of unbranched alkanes of at least 4 members (excludes halogenated alkanes) is 5. The second-order valence-electron chi connectivity index (χ2n) is 3.44. The molecule has 0 spiro atoms. The average Bonchev–Trinajstić information content (AvgIpc) is 2.21. The zero-order chi connectivity index (χ0) is 10.5. The van der Waals surface area contributed by atoms with Gasteiger partial charge in [0.15, 0.2) is 0 Å². The second kappa shape index (κ2) is 12.2. The Kier molecular flexibility index (Phi) is 11.5. The largest absolute Gasteiger partial charge is 0.0845 e. The van der Waals surface area contributed by atoms with Crippen LogP contribution in [0.15, 0.2) is 36.5 Å². The van der Waals surface area contributed by atoms with Gasteiger partial charge in [0.25, 0.3) is 0 Å². The number of hydrogen-bond acceptors (Lipinski definition) is 0. The van der Waals surface area contributed by atoms with Crippen LogP contribution in [0, 0.1) is 6.92 Å². The van der Waals surface area contributed by atoms with Gasteiger partial charge in [-0.25, -0.2) is 0 Å². The Morgan fingerprint density at radius 1 is 0.857 bits per heavy atom. The molecule has 0 saturated heterocycles. The van der Waals surface area contributed by atoms with Gasteiger partial charge >= 0.3 is 0 Å². The van der Waals surface area contributed by atoms with Crippen molar-refractivity contribution >= 4 is 0 Å². The first-order chi connectivity index (χ1) is 6.91. The third-order valence-corrected chi connectivity index (χ3v) is 2.08. The molecule has 0 heteroatoms. The third-order valence-electron chi connectivity index (χ3n) is 2.08. The fourth-order valence-electron chi connectivity index (χ4n) is 1.25. The first kappa shape index (κ1) is 13.2. The average molecular weight is 191 g/mol. The summed E-state index contributed by atoms with van der Waals surface area (Å²) in [6.07, 6.45) is 20.1. The molecule has 0 N–H and O–H groups in total. The maximum atomic E-state index is 3.61. The fraction of sp³-hybridized carbons (Fsp3) is 0.500. The summed E-state index contributed by atoms with van der Waals surface area (Å²) >= 11 is 0. The molecule has 14 heavy (non-hydrogen) atoms. The van der Waals surface area contributed by atoms with Gasteiger partial charge in [-0.3, -0.25) is 0 Å². The molecule has 0 bridgehead atoms. The van der Waals surface area contributed by atoms with Crippen molar-refractivity contribution in [2.75, 3.05) is 0 Å². The minimum absolute atomic E-state index is 1.21. The summed E-state index contributed by atoms with van der Waals surface area (Å²) in [5, 5.41) is 0. The summed E-state index contributed by atoms with van der Waals surface area (Å²) < 4.78 is 0. The van der Waals surface area contributed by atoms with E-state index < -0.39 is 0 Å². The van der Waals surface area contributed by atoms with Gasteiger partial charge < -0.3 is 0 Å². The van der Waals surface area contributed by atoms with E-state index in [2.05, 4.69) is 26.0 Å². The molecule has 0 unspecified atom stereocenters. The Morgan fingerprint density at radius 3 is 2.29 bits per heavy atom. The van der Waals surface area contributed by atoms with Crippen molar-refractivity contribution in [3.63, 3.8) is 0 Å². The van der Waals surface area contributed by atoms with E-state index in [1.165, 1.54) is 38.5 Å². The molecule has 0 aromatic carbocycles. The molecule has 0 amide bonds. The van der Waals surface area contributed by atoms with E-state index in [-0.39, 0.29) is 0 Å². The monoisotopic (exact) mass is 191 g/mol. The van der Waals surface area contributed by atoms with Crippen LogP contribution in [-0.2, 0) is 0 Å². The molecule has 0 aromatic rings. The van der Waals surface area contributed by atoms with Gasteiger partial charge in [0.1, 0.15) is 0 Å². The van der Waals surface area contributed by atoms with Crippen LogP contribution >= 0.6 is 0 Å². The maximum absolute atomic E-state index is 3.61. The summed E-state index contributed by atoms with van der Waals surface area (Å²) in [6.45, 7) is 5.86. The van der Waals surface area contributed by atoms with Gasteiger partial charge in [-0.1, -0.05) is 69.1 Å². The fourth-order valence-corrected chi connectivity index (χ4v) is 1.25. The Bertz CT molecular complexity index is 172. The van der Waals surface area contributed by atoms with Crippen molar-refractivity contribution in [1.82, 2.24) is 0 Å². The zero-order valence-corrected chi connectivity index (χ0v) is 9.41. The number of hydrogen-bond donors (Lipinski definition) is 0. The van der Waals surface area contributed by atoms with E-state index >= 15 is 0 Å². The van der Waals surface area contributed by atoms with Gasteiger partial charge in [0.2, 0.25) is 0 Å². The van der Waals surface area contributed by atoms with E-state index in [9.17, 15) is 0 Å². The van der Waals surface area contributed by atoms with Crippen molar-refractivity contribution < 1.29 is 0 Å². The van der Waals surface area contributed by atoms with Gasteiger partial charge in [0.05, 0.1) is 0 Å². The second-order valence-corrected chi connectivity index (χ2v) is 3.44. The molecule has 1 radical (unpaired) electrons. The molecule has 0 fully saturated rings. The van der Waals surface area contributed by atoms with Crippen LogP contribution in [0.25, 0.3) is 0 Å². The molecule has 0 aliphatic heterocycles. The van der Waals surface area contributed by atoms with Gasteiger partial charge in [-0.2, -0.15) is 0 Å². The van der Waals surface area contributed by atoms with Crippen LogP contribution < -0.4 is 0 Å². The smallest absolute Gasteiger partial charge is 0.0313 e. The topological polar surface area (TPSA) is 0 Å². The molecule has 0 nitrogen and oxygen atoms in total. The van der Waals surface area contributed by atoms with Crippen molar-refractivity contribution in [3.8, 4) is 0 Å². The van der Waals surface area contributed by atoms with Crippen molar-refractivity contribution in [2.45, 2.75) is 45.4 Å². The van der Waals surface area contributed by atoms with Gasteiger partial charge in [-0.05, 0) is 19.8 Å². The third kappa shape index (κ3) is 11.2. The lowest BCUT2D eigenvalue weighted by Gasteiger charge is -1.95. The van der Waals surface area contributed by atoms with Gasteiger partial charge in [0, 0.05) is 0 Å².